The summed E-state index contributed by atoms with van der Waals surface area (Å²) < 4.78 is 0.939. The van der Waals surface area contributed by atoms with Gasteiger partial charge in [-0.15, -0.1) is 0 Å². The number of benzene rings is 3. The summed E-state index contributed by atoms with van der Waals surface area (Å²) in [6, 6.07) is 25.0. The maximum Gasteiger partial charge on any atom is 0.329 e. The van der Waals surface area contributed by atoms with Crippen molar-refractivity contribution in [2.45, 2.75) is 36.6 Å². The molecule has 1 saturated carbocycles. The fraction of sp³-hybridized carbons (Fsp3) is 0.240. The Kier molecular flexibility index (Phi) is 4.28. The first-order chi connectivity index (χ1) is 14.0. The molecule has 2 aliphatic carbocycles. The van der Waals surface area contributed by atoms with Crippen molar-refractivity contribution in [3.8, 4) is 11.1 Å². The van der Waals surface area contributed by atoms with Gasteiger partial charge in [0.1, 0.15) is 5.54 Å². The molecule has 0 unspecified atom stereocenters. The number of carboxylic acid groups (broad SMARTS) is 1. The van der Waals surface area contributed by atoms with E-state index in [2.05, 4.69) is 69.8 Å². The summed E-state index contributed by atoms with van der Waals surface area (Å²) in [6.45, 7) is 0. The fourth-order valence-electron chi connectivity index (χ4n) is 5.29. The van der Waals surface area contributed by atoms with Crippen LogP contribution in [0.1, 0.15) is 36.8 Å². The van der Waals surface area contributed by atoms with Gasteiger partial charge in [-0.25, -0.2) is 4.79 Å². The van der Waals surface area contributed by atoms with Crippen molar-refractivity contribution >= 4 is 27.6 Å². The lowest BCUT2D eigenvalue weighted by atomic mass is 9.63. The van der Waals surface area contributed by atoms with Crippen molar-refractivity contribution in [2.75, 3.05) is 5.32 Å². The lowest BCUT2D eigenvalue weighted by molar-refractivity contribution is -0.143. The van der Waals surface area contributed by atoms with E-state index < -0.39 is 11.5 Å². The first-order valence-electron chi connectivity index (χ1n) is 10.0. The van der Waals surface area contributed by atoms with Crippen molar-refractivity contribution in [3.63, 3.8) is 0 Å². The number of hydrogen-bond donors (Lipinski definition) is 2. The normalized spacial score (nSPS) is 18.1. The molecule has 0 amide bonds. The van der Waals surface area contributed by atoms with E-state index in [0.717, 1.165) is 23.0 Å². The average Bonchev–Trinajstić information content (AvgIpc) is 3.00. The third-order valence-corrected chi connectivity index (χ3v) is 7.24. The van der Waals surface area contributed by atoms with E-state index in [9.17, 15) is 9.90 Å². The van der Waals surface area contributed by atoms with Crippen molar-refractivity contribution in [1.29, 1.82) is 0 Å². The van der Waals surface area contributed by atoms with Crippen molar-refractivity contribution in [3.05, 3.63) is 88.4 Å². The van der Waals surface area contributed by atoms with Gasteiger partial charge in [-0.3, -0.25) is 0 Å². The molecule has 4 heteroatoms. The molecular weight excluding hydrogens is 426 g/mol. The number of fused-ring (bicyclic) bond motifs is 5. The summed E-state index contributed by atoms with van der Waals surface area (Å²) in [6.07, 6.45) is 2.79. The SMILES string of the molecule is O=C(O)C1(Nc2cccc(Br)c2)CCC2(CC1)c1ccccc1-c1ccccc12. The van der Waals surface area contributed by atoms with Crippen LogP contribution in [0.3, 0.4) is 0 Å². The van der Waals surface area contributed by atoms with E-state index in [1.165, 1.54) is 22.3 Å². The molecule has 0 radical (unpaired) electrons. The first kappa shape index (κ1) is 18.4. The van der Waals surface area contributed by atoms with Gasteiger partial charge < -0.3 is 10.4 Å². The van der Waals surface area contributed by atoms with Crippen LogP contribution >= 0.6 is 15.9 Å². The molecule has 2 N–H and O–H groups in total. The summed E-state index contributed by atoms with van der Waals surface area (Å²) in [5.74, 6) is -0.771. The van der Waals surface area contributed by atoms with Gasteiger partial charge in [-0.1, -0.05) is 70.5 Å². The second kappa shape index (κ2) is 6.74. The van der Waals surface area contributed by atoms with Gasteiger partial charge >= 0.3 is 5.97 Å². The van der Waals surface area contributed by atoms with Crippen molar-refractivity contribution in [2.24, 2.45) is 0 Å². The number of rotatable bonds is 3. The number of carbonyl (C=O) groups is 1. The highest BCUT2D eigenvalue weighted by molar-refractivity contribution is 9.10. The lowest BCUT2D eigenvalue weighted by Gasteiger charge is -2.44. The number of nitrogens with one attached hydrogen (secondary N) is 1. The zero-order valence-corrected chi connectivity index (χ0v) is 17.6. The number of halogens is 1. The quantitative estimate of drug-likeness (QED) is 0.500. The summed E-state index contributed by atoms with van der Waals surface area (Å²) in [7, 11) is 0. The second-order valence-corrected chi connectivity index (χ2v) is 9.11. The highest BCUT2D eigenvalue weighted by Gasteiger charge is 2.51. The zero-order valence-electron chi connectivity index (χ0n) is 16.0. The minimum absolute atomic E-state index is 0.0922. The van der Waals surface area contributed by atoms with E-state index in [1.807, 2.05) is 24.3 Å². The van der Waals surface area contributed by atoms with Crippen molar-refractivity contribution < 1.29 is 9.90 Å². The van der Waals surface area contributed by atoms with Gasteiger partial charge in [-0.2, -0.15) is 0 Å². The van der Waals surface area contributed by atoms with E-state index in [0.29, 0.717) is 12.8 Å². The van der Waals surface area contributed by atoms with Crippen LogP contribution in [0.4, 0.5) is 5.69 Å². The summed E-state index contributed by atoms with van der Waals surface area (Å²) in [5, 5.41) is 13.5. The molecular formula is C25H22BrNO2. The maximum absolute atomic E-state index is 12.4. The fourth-order valence-corrected chi connectivity index (χ4v) is 5.69. The smallest absolute Gasteiger partial charge is 0.329 e. The Morgan fingerprint density at radius 1 is 0.828 bits per heavy atom. The van der Waals surface area contributed by atoms with Crippen LogP contribution < -0.4 is 5.32 Å². The Morgan fingerprint density at radius 3 is 1.97 bits per heavy atom. The molecule has 0 aliphatic heterocycles. The molecule has 1 fully saturated rings. The predicted octanol–water partition coefficient (Wildman–Crippen LogP) is 6.23. The van der Waals surface area contributed by atoms with E-state index in [4.69, 9.17) is 0 Å². The zero-order chi connectivity index (χ0) is 20.1. The number of anilines is 1. The van der Waals surface area contributed by atoms with Crippen LogP contribution in [-0.4, -0.2) is 16.6 Å². The van der Waals surface area contributed by atoms with Gasteiger partial charge in [0, 0.05) is 15.6 Å². The molecule has 29 heavy (non-hydrogen) atoms. The molecule has 146 valence electrons. The van der Waals surface area contributed by atoms with Gasteiger partial charge in [0.05, 0.1) is 0 Å². The van der Waals surface area contributed by atoms with E-state index in [1.54, 1.807) is 0 Å². The Labute approximate surface area is 178 Å². The molecule has 3 nitrogen and oxygen atoms in total. The van der Waals surface area contributed by atoms with E-state index in [-0.39, 0.29) is 5.41 Å². The third-order valence-electron chi connectivity index (χ3n) is 6.75. The largest absolute Gasteiger partial charge is 0.480 e. The lowest BCUT2D eigenvalue weighted by Crippen LogP contribution is -2.52. The van der Waals surface area contributed by atoms with Gasteiger partial charge in [0.25, 0.3) is 0 Å². The molecule has 0 aromatic heterocycles. The standard InChI is InChI=1S/C25H22BrNO2/c26-17-6-5-7-18(16-17)27-25(23(28)29)14-12-24(13-15-25)21-10-3-1-8-19(21)20-9-2-4-11-22(20)24/h1-11,16,27H,12-15H2,(H,28,29). The molecule has 3 aromatic rings. The van der Waals surface area contributed by atoms with Crippen LogP contribution in [0.25, 0.3) is 11.1 Å². The molecule has 5 rings (SSSR count). The van der Waals surface area contributed by atoms with Gasteiger partial charge in [0.2, 0.25) is 0 Å². The highest BCUT2D eigenvalue weighted by Crippen LogP contribution is 2.57. The molecule has 1 spiro atoms. The highest BCUT2D eigenvalue weighted by atomic mass is 79.9. The summed E-state index contributed by atoms with van der Waals surface area (Å²) >= 11 is 3.48. The summed E-state index contributed by atoms with van der Waals surface area (Å²) in [5.41, 5.74) is 5.09. The molecule has 3 aromatic carbocycles. The molecule has 2 aliphatic rings. The topological polar surface area (TPSA) is 49.3 Å². The number of aliphatic carboxylic acids is 1. The maximum atomic E-state index is 12.4. The molecule has 0 bridgehead atoms. The Balaban J connectivity index is 1.52. The average molecular weight is 448 g/mol. The van der Waals surface area contributed by atoms with Gasteiger partial charge in [0.15, 0.2) is 0 Å². The van der Waals surface area contributed by atoms with Crippen LogP contribution in [0.2, 0.25) is 0 Å². The first-order valence-corrected chi connectivity index (χ1v) is 10.8. The number of hydrogen-bond acceptors (Lipinski definition) is 2. The Bertz CT molecular complexity index is 1050. The molecule has 0 saturated heterocycles. The predicted molar refractivity (Wildman–Crippen MR) is 119 cm³/mol. The number of carboxylic acids is 1. The molecule has 0 heterocycles. The second-order valence-electron chi connectivity index (χ2n) is 8.20. The van der Waals surface area contributed by atoms with Crippen molar-refractivity contribution in [1.82, 2.24) is 0 Å². The third kappa shape index (κ3) is 2.81. The van der Waals surface area contributed by atoms with Crippen LogP contribution in [0.15, 0.2) is 77.3 Å². The minimum atomic E-state index is -0.946. The summed E-state index contributed by atoms with van der Waals surface area (Å²) in [4.78, 5) is 12.4. The Morgan fingerprint density at radius 2 is 1.41 bits per heavy atom. The van der Waals surface area contributed by atoms with Gasteiger partial charge in [-0.05, 0) is 66.1 Å². The molecule has 0 atom stereocenters. The minimum Gasteiger partial charge on any atom is -0.480 e. The van der Waals surface area contributed by atoms with Crippen LogP contribution in [-0.2, 0) is 10.2 Å². The van der Waals surface area contributed by atoms with Crippen LogP contribution in [0.5, 0.6) is 0 Å². The monoisotopic (exact) mass is 447 g/mol. The van der Waals surface area contributed by atoms with Crippen LogP contribution in [0, 0.1) is 0 Å². The Hall–Kier alpha value is -2.59. The van der Waals surface area contributed by atoms with E-state index >= 15 is 0 Å².